The van der Waals surface area contributed by atoms with Crippen molar-refractivity contribution in [3.63, 3.8) is 0 Å². The highest BCUT2D eigenvalue weighted by Crippen LogP contribution is 2.37. The van der Waals surface area contributed by atoms with Crippen LogP contribution in [0.3, 0.4) is 0 Å². The van der Waals surface area contributed by atoms with Gasteiger partial charge in [0, 0.05) is 13.2 Å². The second kappa shape index (κ2) is 26.4. The van der Waals surface area contributed by atoms with Crippen molar-refractivity contribution in [3.05, 3.63) is 28.3 Å². The molecule has 3 N–H and O–H groups in total. The maximum Gasteiger partial charge on any atom is 0.418 e. The molecule has 5 nitrogen and oxygen atoms in total. The number of anilines is 1. The first-order valence-electron chi connectivity index (χ1n) is 16.1. The molecule has 2 atom stereocenters. The Morgan fingerprint density at radius 3 is 2.36 bits per heavy atom. The summed E-state index contributed by atoms with van der Waals surface area (Å²) in [5.41, 5.74) is 4.33. The number of likely N-dealkylation sites (tertiary alicyclic amines) is 1. The summed E-state index contributed by atoms with van der Waals surface area (Å²) in [5, 5.41) is 3.12. The van der Waals surface area contributed by atoms with Crippen LogP contribution in [0.15, 0.2) is 12.1 Å². The standard InChI is InChI=1S/C14H32N2O.C9H19N.C8H7ClF3N.C2H6/c1-5-16(4)11-6-7-12-17-13-9-14(2)8-10-15-3;1-3-9-5-4-7-10(2)8-6-9;1-4-2-5(8(10,11)12)7(13)6(9)3-4;1-2/h14-15H,5-13H2,1-4H3;9H,3-8H2,1-2H3;2-3H,13H2,1H3;1-2H3. The minimum atomic E-state index is -4.44. The monoisotopic (exact) mass is 624 g/mol. The van der Waals surface area contributed by atoms with Gasteiger partial charge in [0.15, 0.2) is 0 Å². The Morgan fingerprint density at radius 2 is 1.79 bits per heavy atom. The Kier molecular flexibility index (Phi) is 27.0. The van der Waals surface area contributed by atoms with Crippen LogP contribution in [0.25, 0.3) is 0 Å². The van der Waals surface area contributed by atoms with Gasteiger partial charge in [-0.2, -0.15) is 13.2 Å². The second-order valence-electron chi connectivity index (χ2n) is 11.2. The minimum Gasteiger partial charge on any atom is -0.397 e. The molecule has 1 saturated heterocycles. The third-order valence-corrected chi connectivity index (χ3v) is 7.80. The number of hydrogen-bond donors (Lipinski definition) is 2. The number of nitrogens with zero attached hydrogens (tertiary/aromatic N) is 2. The van der Waals surface area contributed by atoms with Crippen molar-refractivity contribution < 1.29 is 17.9 Å². The highest BCUT2D eigenvalue weighted by molar-refractivity contribution is 6.33. The number of nitrogen functional groups attached to an aromatic ring is 1. The van der Waals surface area contributed by atoms with E-state index in [0.717, 1.165) is 44.2 Å². The van der Waals surface area contributed by atoms with Gasteiger partial charge in [0.25, 0.3) is 0 Å². The van der Waals surface area contributed by atoms with Crippen LogP contribution >= 0.6 is 11.6 Å². The molecule has 0 bridgehead atoms. The molecule has 9 heteroatoms. The summed E-state index contributed by atoms with van der Waals surface area (Å²) >= 11 is 5.50. The molecule has 250 valence electrons. The number of hydrogen-bond acceptors (Lipinski definition) is 5. The van der Waals surface area contributed by atoms with Crippen molar-refractivity contribution >= 4 is 17.3 Å². The van der Waals surface area contributed by atoms with Gasteiger partial charge in [-0.05, 0) is 135 Å². The van der Waals surface area contributed by atoms with E-state index in [4.69, 9.17) is 22.1 Å². The van der Waals surface area contributed by atoms with Crippen molar-refractivity contribution in [1.29, 1.82) is 0 Å². The topological polar surface area (TPSA) is 53.8 Å². The van der Waals surface area contributed by atoms with Crippen LogP contribution in [-0.4, -0.2) is 76.9 Å². The fraction of sp³-hybridized carbons (Fsp3) is 0.818. The summed E-state index contributed by atoms with van der Waals surface area (Å²) < 4.78 is 42.5. The minimum absolute atomic E-state index is 0.0627. The quantitative estimate of drug-likeness (QED) is 0.170. The highest BCUT2D eigenvalue weighted by atomic mass is 35.5. The molecule has 1 aliphatic rings. The van der Waals surface area contributed by atoms with Crippen molar-refractivity contribution in [1.82, 2.24) is 15.1 Å². The number of unbranched alkanes of at least 4 members (excludes halogenated alkanes) is 1. The fourth-order valence-electron chi connectivity index (χ4n) is 4.37. The van der Waals surface area contributed by atoms with E-state index in [2.05, 4.69) is 50.0 Å². The van der Waals surface area contributed by atoms with E-state index in [0.29, 0.717) is 5.56 Å². The van der Waals surface area contributed by atoms with E-state index in [9.17, 15) is 13.2 Å². The van der Waals surface area contributed by atoms with Gasteiger partial charge in [-0.1, -0.05) is 52.6 Å². The lowest BCUT2D eigenvalue weighted by Gasteiger charge is -2.13. The molecular weight excluding hydrogens is 561 g/mol. The van der Waals surface area contributed by atoms with Gasteiger partial charge in [-0.25, -0.2) is 0 Å². The number of benzene rings is 1. The molecule has 1 fully saturated rings. The first-order valence-corrected chi connectivity index (χ1v) is 16.5. The van der Waals surface area contributed by atoms with Gasteiger partial charge >= 0.3 is 6.18 Å². The molecule has 2 rings (SSSR count). The lowest BCUT2D eigenvalue weighted by molar-refractivity contribution is -0.136. The van der Waals surface area contributed by atoms with E-state index in [1.807, 2.05) is 20.9 Å². The molecule has 1 aromatic rings. The molecule has 0 saturated carbocycles. The Hall–Kier alpha value is -1.06. The number of rotatable bonds is 13. The third kappa shape index (κ3) is 22.5. The van der Waals surface area contributed by atoms with Crippen LogP contribution < -0.4 is 11.1 Å². The van der Waals surface area contributed by atoms with Crippen molar-refractivity contribution in [2.45, 2.75) is 99.1 Å². The van der Waals surface area contributed by atoms with Crippen LogP contribution in [0.4, 0.5) is 18.9 Å². The molecule has 1 heterocycles. The zero-order chi connectivity index (χ0) is 32.6. The number of nitrogens with two attached hydrogens (primary N) is 1. The summed E-state index contributed by atoms with van der Waals surface area (Å²) in [6.45, 7) is 20.3. The summed E-state index contributed by atoms with van der Waals surface area (Å²) in [6.07, 6.45) is 6.11. The van der Waals surface area contributed by atoms with E-state index < -0.39 is 17.4 Å². The molecule has 0 amide bonds. The van der Waals surface area contributed by atoms with E-state index in [1.165, 1.54) is 84.0 Å². The molecule has 0 aliphatic carbocycles. The maximum atomic E-state index is 12.3. The van der Waals surface area contributed by atoms with Gasteiger partial charge < -0.3 is 25.6 Å². The molecule has 1 aromatic carbocycles. The van der Waals surface area contributed by atoms with Gasteiger partial charge in [-0.15, -0.1) is 0 Å². The van der Waals surface area contributed by atoms with Gasteiger partial charge in [0.1, 0.15) is 0 Å². The zero-order valence-electron chi connectivity index (χ0n) is 28.3. The SMILES string of the molecule is CC.CCC1CCCN(C)CC1.CCN(C)CCCCOCCC(C)CCNC.Cc1cc(Cl)c(N)c(C(F)(F)F)c1. The number of halogens is 4. The Labute approximate surface area is 262 Å². The van der Waals surface area contributed by atoms with Crippen LogP contribution in [0.5, 0.6) is 0 Å². The average molecular weight is 625 g/mol. The first kappa shape index (κ1) is 43.1. The Balaban J connectivity index is 0. The summed E-state index contributed by atoms with van der Waals surface area (Å²) in [7, 11) is 6.42. The maximum absolute atomic E-state index is 12.3. The highest BCUT2D eigenvalue weighted by Gasteiger charge is 2.33. The van der Waals surface area contributed by atoms with Crippen LogP contribution in [0.1, 0.15) is 97.1 Å². The molecule has 0 spiro atoms. The Morgan fingerprint density at radius 1 is 1.12 bits per heavy atom. The molecule has 42 heavy (non-hydrogen) atoms. The van der Waals surface area contributed by atoms with E-state index in [1.54, 1.807) is 0 Å². The van der Waals surface area contributed by atoms with Crippen molar-refractivity contribution in [3.8, 4) is 0 Å². The molecule has 1 aliphatic heterocycles. The smallest absolute Gasteiger partial charge is 0.397 e. The molecule has 2 unspecified atom stereocenters. The summed E-state index contributed by atoms with van der Waals surface area (Å²) in [5.74, 6) is 1.79. The Bertz CT molecular complexity index is 768. The number of nitrogens with one attached hydrogen (secondary N) is 1. The van der Waals surface area contributed by atoms with Crippen LogP contribution in [0.2, 0.25) is 5.02 Å². The molecule has 0 radical (unpaired) electrons. The lowest BCUT2D eigenvalue weighted by atomic mass is 9.98. The van der Waals surface area contributed by atoms with E-state index in [-0.39, 0.29) is 5.02 Å². The van der Waals surface area contributed by atoms with Crippen molar-refractivity contribution in [2.24, 2.45) is 11.8 Å². The van der Waals surface area contributed by atoms with Gasteiger partial charge in [0.05, 0.1) is 16.3 Å². The lowest BCUT2D eigenvalue weighted by Crippen LogP contribution is -2.19. The molecular formula is C33H64ClF3N4O. The van der Waals surface area contributed by atoms with Gasteiger partial charge in [0.2, 0.25) is 0 Å². The number of ether oxygens (including phenoxy) is 1. The second-order valence-corrected chi connectivity index (χ2v) is 11.6. The summed E-state index contributed by atoms with van der Waals surface area (Å²) in [4.78, 5) is 4.80. The van der Waals surface area contributed by atoms with Crippen molar-refractivity contribution in [2.75, 3.05) is 72.8 Å². The zero-order valence-corrected chi connectivity index (χ0v) is 29.1. The normalized spacial score (nSPS) is 16.3. The average Bonchev–Trinajstić information content (AvgIpc) is 3.18. The van der Waals surface area contributed by atoms with E-state index >= 15 is 0 Å². The van der Waals surface area contributed by atoms with Gasteiger partial charge in [-0.3, -0.25) is 0 Å². The largest absolute Gasteiger partial charge is 0.418 e. The third-order valence-electron chi connectivity index (χ3n) is 7.49. The fourth-order valence-corrected chi connectivity index (χ4v) is 4.64. The number of aryl methyl sites for hydroxylation is 1. The van der Waals surface area contributed by atoms with Crippen LogP contribution in [0, 0.1) is 18.8 Å². The first-order chi connectivity index (χ1) is 19.8. The van der Waals surface area contributed by atoms with Crippen LogP contribution in [-0.2, 0) is 10.9 Å². The predicted molar refractivity (Wildman–Crippen MR) is 178 cm³/mol. The molecule has 0 aromatic heterocycles. The predicted octanol–water partition coefficient (Wildman–Crippen LogP) is 8.77. The number of alkyl halides is 3. The summed E-state index contributed by atoms with van der Waals surface area (Å²) in [6, 6.07) is 2.37.